The summed E-state index contributed by atoms with van der Waals surface area (Å²) in [6, 6.07) is 10.3. The number of benzene rings is 1. The number of hydrogen-bond donors (Lipinski definition) is 1. The minimum atomic E-state index is -0.0783. The average molecular weight is 342 g/mol. The number of nitrogens with one attached hydrogen (secondary N) is 1. The zero-order chi connectivity index (χ0) is 16.8. The van der Waals surface area contributed by atoms with Crippen molar-refractivity contribution in [2.75, 3.05) is 31.2 Å². The van der Waals surface area contributed by atoms with Gasteiger partial charge in [0.2, 0.25) is 5.91 Å². The maximum atomic E-state index is 12.1. The van der Waals surface area contributed by atoms with E-state index in [9.17, 15) is 4.79 Å². The van der Waals surface area contributed by atoms with E-state index < -0.39 is 0 Å². The number of rotatable bonds is 5. The number of morpholine rings is 1. The molecule has 3 rings (SSSR count). The van der Waals surface area contributed by atoms with Gasteiger partial charge in [-0.3, -0.25) is 4.79 Å². The Kier molecular flexibility index (Phi) is 5.67. The fourth-order valence-electron chi connectivity index (χ4n) is 2.70. The molecule has 1 aromatic heterocycles. The van der Waals surface area contributed by atoms with E-state index >= 15 is 0 Å². The van der Waals surface area contributed by atoms with E-state index in [-0.39, 0.29) is 11.9 Å². The Morgan fingerprint density at radius 3 is 2.92 bits per heavy atom. The van der Waals surface area contributed by atoms with Crippen LogP contribution >= 0.6 is 11.3 Å². The van der Waals surface area contributed by atoms with Crippen molar-refractivity contribution in [3.05, 3.63) is 58.3 Å². The number of thiophene rings is 1. The van der Waals surface area contributed by atoms with E-state index in [0.29, 0.717) is 0 Å². The third kappa shape index (κ3) is 4.46. The van der Waals surface area contributed by atoms with Gasteiger partial charge in [0.05, 0.1) is 19.3 Å². The standard InChI is InChI=1S/C19H22N2O2S/c1-15(20-19(22)6-5-16-7-12-24-14-16)17-3-2-4-18(13-17)21-8-10-23-11-9-21/h2-7,12-15H,8-11H2,1H3,(H,20,22)/b6-5+. The van der Waals surface area contributed by atoms with Crippen molar-refractivity contribution in [1.29, 1.82) is 0 Å². The van der Waals surface area contributed by atoms with Crippen LogP contribution < -0.4 is 10.2 Å². The predicted octanol–water partition coefficient (Wildman–Crippen LogP) is 3.48. The molecule has 126 valence electrons. The summed E-state index contributed by atoms with van der Waals surface area (Å²) in [5, 5.41) is 7.03. The number of ether oxygens (including phenoxy) is 1. The van der Waals surface area contributed by atoms with Gasteiger partial charge in [0.1, 0.15) is 0 Å². The smallest absolute Gasteiger partial charge is 0.244 e. The fraction of sp³-hybridized carbons (Fsp3) is 0.316. The molecule has 1 saturated heterocycles. The summed E-state index contributed by atoms with van der Waals surface area (Å²) < 4.78 is 5.40. The van der Waals surface area contributed by atoms with Crippen LogP contribution in [0.5, 0.6) is 0 Å². The zero-order valence-corrected chi connectivity index (χ0v) is 14.6. The molecule has 1 aliphatic rings. The van der Waals surface area contributed by atoms with Crippen LogP contribution in [0.3, 0.4) is 0 Å². The Balaban J connectivity index is 1.61. The fourth-order valence-corrected chi connectivity index (χ4v) is 3.33. The van der Waals surface area contributed by atoms with Gasteiger partial charge < -0.3 is 15.0 Å². The number of hydrogen-bond acceptors (Lipinski definition) is 4. The second-order valence-corrected chi connectivity index (χ2v) is 6.59. The van der Waals surface area contributed by atoms with Crippen molar-refractivity contribution in [3.63, 3.8) is 0 Å². The first-order chi connectivity index (χ1) is 11.7. The summed E-state index contributed by atoms with van der Waals surface area (Å²) in [5.74, 6) is -0.0783. The first-order valence-corrected chi connectivity index (χ1v) is 9.10. The summed E-state index contributed by atoms with van der Waals surface area (Å²) >= 11 is 1.62. The van der Waals surface area contributed by atoms with E-state index in [1.54, 1.807) is 17.4 Å². The van der Waals surface area contributed by atoms with Gasteiger partial charge in [0.25, 0.3) is 0 Å². The Labute approximate surface area is 146 Å². The molecule has 0 aliphatic carbocycles. The average Bonchev–Trinajstić information content (AvgIpc) is 3.14. The number of nitrogens with zero attached hydrogens (tertiary/aromatic N) is 1. The molecule has 0 bridgehead atoms. The Hall–Kier alpha value is -2.11. The largest absolute Gasteiger partial charge is 0.378 e. The van der Waals surface area contributed by atoms with Gasteiger partial charge in [-0.15, -0.1) is 0 Å². The Morgan fingerprint density at radius 2 is 2.17 bits per heavy atom. The molecule has 24 heavy (non-hydrogen) atoms. The van der Waals surface area contributed by atoms with Crippen LogP contribution in [0.1, 0.15) is 24.1 Å². The van der Waals surface area contributed by atoms with E-state index in [1.807, 2.05) is 35.9 Å². The lowest BCUT2D eigenvalue weighted by Crippen LogP contribution is -2.36. The van der Waals surface area contributed by atoms with Crippen molar-refractivity contribution in [1.82, 2.24) is 5.32 Å². The second kappa shape index (κ2) is 8.13. The van der Waals surface area contributed by atoms with Crippen LogP contribution in [-0.2, 0) is 9.53 Å². The highest BCUT2D eigenvalue weighted by Crippen LogP contribution is 2.21. The molecule has 0 saturated carbocycles. The lowest BCUT2D eigenvalue weighted by atomic mass is 10.1. The van der Waals surface area contributed by atoms with E-state index in [4.69, 9.17) is 4.74 Å². The van der Waals surface area contributed by atoms with E-state index in [0.717, 1.165) is 37.4 Å². The number of amides is 1. The molecule has 1 aliphatic heterocycles. The van der Waals surface area contributed by atoms with Gasteiger partial charge in [0, 0.05) is 24.9 Å². The summed E-state index contributed by atoms with van der Waals surface area (Å²) in [4.78, 5) is 14.4. The maximum Gasteiger partial charge on any atom is 0.244 e. The van der Waals surface area contributed by atoms with Gasteiger partial charge >= 0.3 is 0 Å². The third-order valence-corrected chi connectivity index (χ3v) is 4.78. The Morgan fingerprint density at radius 1 is 1.33 bits per heavy atom. The van der Waals surface area contributed by atoms with Crippen molar-refractivity contribution in [3.8, 4) is 0 Å². The van der Waals surface area contributed by atoms with Crippen LogP contribution in [0.4, 0.5) is 5.69 Å². The van der Waals surface area contributed by atoms with Crippen molar-refractivity contribution in [2.45, 2.75) is 13.0 Å². The lowest BCUT2D eigenvalue weighted by Gasteiger charge is -2.29. The molecule has 1 N–H and O–H groups in total. The molecule has 1 unspecified atom stereocenters. The molecular formula is C19H22N2O2S. The highest BCUT2D eigenvalue weighted by molar-refractivity contribution is 7.08. The number of carbonyl (C=O) groups is 1. The van der Waals surface area contributed by atoms with Crippen molar-refractivity contribution >= 4 is 29.0 Å². The van der Waals surface area contributed by atoms with Crippen LogP contribution in [0, 0.1) is 0 Å². The van der Waals surface area contributed by atoms with Gasteiger partial charge in [0.15, 0.2) is 0 Å². The van der Waals surface area contributed by atoms with Gasteiger partial charge in [-0.1, -0.05) is 12.1 Å². The van der Waals surface area contributed by atoms with E-state index in [2.05, 4.69) is 28.4 Å². The summed E-state index contributed by atoms with van der Waals surface area (Å²) in [5.41, 5.74) is 3.35. The van der Waals surface area contributed by atoms with Gasteiger partial charge in [-0.2, -0.15) is 11.3 Å². The molecule has 1 fully saturated rings. The van der Waals surface area contributed by atoms with E-state index in [1.165, 1.54) is 5.69 Å². The molecule has 1 amide bonds. The van der Waals surface area contributed by atoms with Crippen molar-refractivity contribution in [2.24, 2.45) is 0 Å². The number of carbonyl (C=O) groups excluding carboxylic acids is 1. The highest BCUT2D eigenvalue weighted by atomic mass is 32.1. The highest BCUT2D eigenvalue weighted by Gasteiger charge is 2.13. The molecule has 1 aromatic carbocycles. The molecule has 0 radical (unpaired) electrons. The van der Waals surface area contributed by atoms with Crippen LogP contribution in [0.2, 0.25) is 0 Å². The molecule has 4 nitrogen and oxygen atoms in total. The molecular weight excluding hydrogens is 320 g/mol. The molecule has 5 heteroatoms. The van der Waals surface area contributed by atoms with Gasteiger partial charge in [-0.25, -0.2) is 0 Å². The summed E-state index contributed by atoms with van der Waals surface area (Å²) in [6.07, 6.45) is 3.42. The van der Waals surface area contributed by atoms with Gasteiger partial charge in [-0.05, 0) is 53.1 Å². The topological polar surface area (TPSA) is 41.6 Å². The predicted molar refractivity (Wildman–Crippen MR) is 99.4 cm³/mol. The molecule has 0 spiro atoms. The first-order valence-electron chi connectivity index (χ1n) is 8.16. The Bertz CT molecular complexity index is 691. The second-order valence-electron chi connectivity index (χ2n) is 5.81. The zero-order valence-electron chi connectivity index (χ0n) is 13.8. The first kappa shape index (κ1) is 16.7. The molecule has 1 atom stereocenters. The lowest BCUT2D eigenvalue weighted by molar-refractivity contribution is -0.117. The van der Waals surface area contributed by atoms with Crippen LogP contribution in [-0.4, -0.2) is 32.2 Å². The molecule has 2 aromatic rings. The quantitative estimate of drug-likeness (QED) is 0.846. The van der Waals surface area contributed by atoms with Crippen LogP contribution in [0.25, 0.3) is 6.08 Å². The maximum absolute atomic E-state index is 12.1. The summed E-state index contributed by atoms with van der Waals surface area (Å²) in [7, 11) is 0. The molecule has 2 heterocycles. The number of anilines is 1. The van der Waals surface area contributed by atoms with Crippen molar-refractivity contribution < 1.29 is 9.53 Å². The third-order valence-electron chi connectivity index (χ3n) is 4.08. The monoisotopic (exact) mass is 342 g/mol. The minimum absolute atomic E-state index is 0.0365. The normalized spacial score (nSPS) is 16.3. The summed E-state index contributed by atoms with van der Waals surface area (Å²) in [6.45, 7) is 5.36. The van der Waals surface area contributed by atoms with Crippen LogP contribution in [0.15, 0.2) is 47.2 Å². The minimum Gasteiger partial charge on any atom is -0.378 e. The SMILES string of the molecule is CC(NC(=O)/C=C/c1ccsc1)c1cccc(N2CCOCC2)c1.